The predicted molar refractivity (Wildman–Crippen MR) is 153 cm³/mol. The van der Waals surface area contributed by atoms with E-state index in [1.54, 1.807) is 14.0 Å². The molecule has 3 fully saturated rings. The number of benzene rings is 1. The van der Waals surface area contributed by atoms with Crippen molar-refractivity contribution >= 4 is 24.9 Å². The summed E-state index contributed by atoms with van der Waals surface area (Å²) in [7, 11) is -0.783. The van der Waals surface area contributed by atoms with Crippen LogP contribution in [-0.4, -0.2) is 39.6 Å². The lowest BCUT2D eigenvalue weighted by molar-refractivity contribution is -0.0882. The van der Waals surface area contributed by atoms with Crippen LogP contribution in [0.3, 0.4) is 0 Å². The van der Waals surface area contributed by atoms with Crippen molar-refractivity contribution in [2.75, 3.05) is 14.2 Å². The summed E-state index contributed by atoms with van der Waals surface area (Å²) in [5, 5.41) is 7.63. The van der Waals surface area contributed by atoms with Crippen LogP contribution >= 0.6 is 0 Å². The summed E-state index contributed by atoms with van der Waals surface area (Å²) in [5.41, 5.74) is 1.40. The molecule has 1 aromatic rings. The molecule has 0 N–H and O–H groups in total. The number of allylic oxidation sites excluding steroid dienone is 2. The highest BCUT2D eigenvalue weighted by Gasteiger charge is 2.67. The van der Waals surface area contributed by atoms with E-state index in [0.29, 0.717) is 24.0 Å². The zero-order valence-corrected chi connectivity index (χ0v) is 26.5. The topological polar surface area (TPSA) is 52.4 Å². The Kier molecular flexibility index (Phi) is 7.95. The molecule has 0 bridgehead atoms. The molecule has 5 rings (SSSR count). The van der Waals surface area contributed by atoms with Crippen LogP contribution in [0.1, 0.15) is 72.1 Å². The van der Waals surface area contributed by atoms with E-state index in [9.17, 15) is 13.2 Å². The minimum atomic E-state index is -3.78. The van der Waals surface area contributed by atoms with Gasteiger partial charge in [-0.15, -0.1) is 0 Å². The number of halogens is 5. The Morgan fingerprint density at radius 3 is 2.07 bits per heavy atom. The van der Waals surface area contributed by atoms with E-state index in [-0.39, 0.29) is 11.3 Å². The molecule has 0 aliphatic heterocycles. The Morgan fingerprint density at radius 2 is 1.45 bits per heavy atom. The first kappa shape index (κ1) is 31.2. The summed E-state index contributed by atoms with van der Waals surface area (Å²) < 4.78 is 79.7. The monoisotopic (exact) mass is 612 g/mol. The first-order valence-corrected chi connectivity index (χ1v) is 17.7. The smallest absolute Gasteiger partial charge is 0.226 e. The van der Waals surface area contributed by atoms with Crippen molar-refractivity contribution in [2.24, 2.45) is 38.9 Å². The SMILES string of the molecule is CO/N=C1/C=C2CCC3C(CCC4(C)C3CCC4(O[Si](C)(C)c3c(F)c(F)c(F)c(F)c3F)/C(C)=N/OC)C2(C)CC1. The van der Waals surface area contributed by atoms with Gasteiger partial charge in [-0.2, -0.15) is 0 Å². The molecular formula is C31H41F5N2O3Si. The molecule has 6 atom stereocenters. The third kappa shape index (κ3) is 4.39. The minimum absolute atomic E-state index is 0.0439. The van der Waals surface area contributed by atoms with E-state index < -0.39 is 53.6 Å². The maximum Gasteiger partial charge on any atom is 0.226 e. The first-order valence-electron chi connectivity index (χ1n) is 14.8. The number of nitrogens with zero attached hydrogens (tertiary/aromatic N) is 2. The first-order chi connectivity index (χ1) is 19.7. The summed E-state index contributed by atoms with van der Waals surface area (Å²) >= 11 is 0. The van der Waals surface area contributed by atoms with Gasteiger partial charge in [-0.3, -0.25) is 0 Å². The molecule has 0 spiro atoms. The lowest BCUT2D eigenvalue weighted by atomic mass is 9.46. The van der Waals surface area contributed by atoms with E-state index in [1.165, 1.54) is 25.8 Å². The maximum atomic E-state index is 15.1. The van der Waals surface area contributed by atoms with Gasteiger partial charge in [-0.05, 0) is 101 Å². The van der Waals surface area contributed by atoms with E-state index in [1.807, 2.05) is 0 Å². The van der Waals surface area contributed by atoms with Crippen molar-refractivity contribution in [1.82, 2.24) is 0 Å². The zero-order chi connectivity index (χ0) is 30.8. The fraction of sp³-hybridized carbons (Fsp3) is 0.677. The molecule has 0 aromatic heterocycles. The van der Waals surface area contributed by atoms with Gasteiger partial charge in [-0.25, -0.2) is 22.0 Å². The number of fused-ring (bicyclic) bond motifs is 5. The molecule has 0 heterocycles. The molecule has 4 aliphatic carbocycles. The normalized spacial score (nSPS) is 35.8. The maximum absolute atomic E-state index is 15.1. The standard InChI is InChI=1S/C31H41F5N2O3Si/c1-17(37-39-4)31(41-42(6,7)28-26(35)24(33)23(32)25(34)27(28)36)15-12-22-20-9-8-18-16-19(38-40-5)10-13-29(18,2)21(20)11-14-30(22,31)3/h16,20-22H,8-15H2,1-7H3/b37-17+,38-19+. The lowest BCUT2D eigenvalue weighted by Crippen LogP contribution is -2.64. The molecule has 1 aromatic carbocycles. The summed E-state index contributed by atoms with van der Waals surface area (Å²) in [6, 6.07) is 0. The van der Waals surface area contributed by atoms with Crippen LogP contribution in [0, 0.1) is 57.7 Å². The molecule has 0 radical (unpaired) electrons. The summed E-state index contributed by atoms with van der Waals surface area (Å²) in [6.45, 7) is 9.31. The van der Waals surface area contributed by atoms with Gasteiger partial charge in [-0.1, -0.05) is 29.7 Å². The molecule has 42 heavy (non-hydrogen) atoms. The van der Waals surface area contributed by atoms with Crippen LogP contribution in [0.25, 0.3) is 0 Å². The molecule has 3 saturated carbocycles. The van der Waals surface area contributed by atoms with Gasteiger partial charge in [0.05, 0.1) is 11.4 Å². The fourth-order valence-electron chi connectivity index (χ4n) is 9.43. The van der Waals surface area contributed by atoms with Gasteiger partial charge in [0.15, 0.2) is 23.3 Å². The quantitative estimate of drug-likeness (QED) is 0.0833. The Bertz CT molecular complexity index is 1340. The van der Waals surface area contributed by atoms with Crippen LogP contribution in [0.2, 0.25) is 13.1 Å². The number of rotatable bonds is 6. The van der Waals surface area contributed by atoms with Crippen molar-refractivity contribution < 1.29 is 36.1 Å². The summed E-state index contributed by atoms with van der Waals surface area (Å²) in [6.07, 6.45) is 9.06. The van der Waals surface area contributed by atoms with Crippen molar-refractivity contribution in [2.45, 2.75) is 90.8 Å². The van der Waals surface area contributed by atoms with E-state index >= 15 is 8.78 Å². The molecule has 11 heteroatoms. The van der Waals surface area contributed by atoms with Gasteiger partial charge < -0.3 is 14.1 Å². The van der Waals surface area contributed by atoms with Crippen molar-refractivity contribution in [3.63, 3.8) is 0 Å². The van der Waals surface area contributed by atoms with Gasteiger partial charge >= 0.3 is 0 Å². The number of hydrogen-bond acceptors (Lipinski definition) is 5. The van der Waals surface area contributed by atoms with Crippen molar-refractivity contribution in [3.8, 4) is 0 Å². The lowest BCUT2D eigenvalue weighted by Gasteiger charge is -2.60. The molecule has 5 nitrogen and oxygen atoms in total. The molecule has 0 amide bonds. The largest absolute Gasteiger partial charge is 0.401 e. The zero-order valence-electron chi connectivity index (χ0n) is 25.5. The summed E-state index contributed by atoms with van der Waals surface area (Å²) in [5.74, 6) is -8.64. The highest BCUT2D eigenvalue weighted by Crippen LogP contribution is 2.68. The number of hydrogen-bond donors (Lipinski definition) is 0. The number of oxime groups is 2. The molecule has 4 aliphatic rings. The average Bonchev–Trinajstić information content (AvgIpc) is 3.23. The van der Waals surface area contributed by atoms with Crippen LogP contribution < -0.4 is 5.19 Å². The Balaban J connectivity index is 1.55. The van der Waals surface area contributed by atoms with Crippen LogP contribution in [0.4, 0.5) is 22.0 Å². The van der Waals surface area contributed by atoms with Gasteiger partial charge in [0.2, 0.25) is 14.1 Å². The van der Waals surface area contributed by atoms with Crippen LogP contribution in [0.15, 0.2) is 22.0 Å². The highest BCUT2D eigenvalue weighted by molar-refractivity contribution is 6.84. The Morgan fingerprint density at radius 1 is 0.833 bits per heavy atom. The van der Waals surface area contributed by atoms with Gasteiger partial charge in [0.1, 0.15) is 19.8 Å². The molecule has 232 valence electrons. The second-order valence-electron chi connectivity index (χ2n) is 13.5. The van der Waals surface area contributed by atoms with Crippen molar-refractivity contribution in [1.29, 1.82) is 0 Å². The van der Waals surface area contributed by atoms with Gasteiger partial charge in [0.25, 0.3) is 0 Å². The second kappa shape index (κ2) is 10.7. The van der Waals surface area contributed by atoms with E-state index in [2.05, 4.69) is 30.2 Å². The predicted octanol–water partition coefficient (Wildman–Crippen LogP) is 7.54. The van der Waals surface area contributed by atoms with Crippen molar-refractivity contribution in [3.05, 3.63) is 40.7 Å². The minimum Gasteiger partial charge on any atom is -0.401 e. The summed E-state index contributed by atoms with van der Waals surface area (Å²) in [4.78, 5) is 10.2. The van der Waals surface area contributed by atoms with Crippen LogP contribution in [0.5, 0.6) is 0 Å². The third-order valence-electron chi connectivity index (χ3n) is 11.4. The Labute approximate surface area is 245 Å². The average molecular weight is 613 g/mol. The molecular weight excluding hydrogens is 571 g/mol. The molecule has 6 unspecified atom stereocenters. The van der Waals surface area contributed by atoms with Gasteiger partial charge in [0, 0.05) is 10.6 Å². The molecule has 0 saturated heterocycles. The van der Waals surface area contributed by atoms with Crippen LogP contribution in [-0.2, 0) is 14.1 Å². The fourth-order valence-corrected chi connectivity index (χ4v) is 12.2. The Hall–Kier alpha value is -2.27. The van der Waals surface area contributed by atoms with E-state index in [4.69, 9.17) is 14.1 Å². The highest BCUT2D eigenvalue weighted by atomic mass is 28.4. The van der Waals surface area contributed by atoms with E-state index in [0.717, 1.165) is 50.7 Å². The second-order valence-corrected chi connectivity index (χ2v) is 17.2. The third-order valence-corrected chi connectivity index (χ3v) is 13.9.